The summed E-state index contributed by atoms with van der Waals surface area (Å²) in [5.74, 6) is -1.35. The molecule has 9 heteroatoms. The number of anilines is 1. The molecule has 0 bridgehead atoms. The molecule has 0 spiro atoms. The smallest absolute Gasteiger partial charge is 0.286 e. The molecule has 1 atom stereocenters. The lowest BCUT2D eigenvalue weighted by Gasteiger charge is -2.22. The molecule has 2 aromatic carbocycles. The van der Waals surface area contributed by atoms with E-state index in [4.69, 9.17) is 0 Å². The van der Waals surface area contributed by atoms with Gasteiger partial charge in [0.15, 0.2) is 0 Å². The van der Waals surface area contributed by atoms with Gasteiger partial charge in [-0.05, 0) is 48.7 Å². The topological polar surface area (TPSA) is 75.2 Å². The fourth-order valence-corrected chi connectivity index (χ4v) is 4.30. The van der Waals surface area contributed by atoms with Gasteiger partial charge in [0, 0.05) is 12.2 Å². The zero-order valence-corrected chi connectivity index (χ0v) is 16.7. The minimum absolute atomic E-state index is 0.0786. The van der Waals surface area contributed by atoms with Crippen LogP contribution in [0, 0.1) is 11.6 Å². The predicted molar refractivity (Wildman–Crippen MR) is 108 cm³/mol. The van der Waals surface area contributed by atoms with Crippen LogP contribution >= 0.6 is 11.3 Å². The maximum Gasteiger partial charge on any atom is 0.286 e. The lowest BCUT2D eigenvalue weighted by molar-refractivity contribution is -0.131. The Morgan fingerprint density at radius 1 is 1.10 bits per heavy atom. The van der Waals surface area contributed by atoms with Crippen LogP contribution in [0.3, 0.4) is 0 Å². The molecule has 0 aliphatic carbocycles. The van der Waals surface area contributed by atoms with Crippen molar-refractivity contribution in [2.75, 3.05) is 11.9 Å². The maximum atomic E-state index is 13.3. The first-order valence-electron chi connectivity index (χ1n) is 9.44. The van der Waals surface area contributed by atoms with E-state index in [2.05, 4.69) is 15.5 Å². The highest BCUT2D eigenvalue weighted by molar-refractivity contribution is 7.13. The number of amides is 2. The Morgan fingerprint density at radius 3 is 2.67 bits per heavy atom. The van der Waals surface area contributed by atoms with Gasteiger partial charge in [0.25, 0.3) is 5.91 Å². The summed E-state index contributed by atoms with van der Waals surface area (Å²) in [5.41, 5.74) is 1.06. The number of carbonyl (C=O) groups is 2. The van der Waals surface area contributed by atoms with Gasteiger partial charge < -0.3 is 10.2 Å². The number of benzene rings is 2. The average Bonchev–Trinajstić information content (AvgIpc) is 3.39. The highest BCUT2D eigenvalue weighted by Crippen LogP contribution is 2.34. The predicted octanol–water partition coefficient (Wildman–Crippen LogP) is 3.97. The van der Waals surface area contributed by atoms with E-state index in [1.54, 1.807) is 23.1 Å². The molecule has 1 fully saturated rings. The summed E-state index contributed by atoms with van der Waals surface area (Å²) in [6.07, 6.45) is 1.72. The molecule has 0 radical (unpaired) electrons. The molecule has 30 heavy (non-hydrogen) atoms. The molecule has 1 aliphatic rings. The molecule has 154 valence electrons. The molecule has 1 unspecified atom stereocenters. The average molecular weight is 428 g/mol. The molecule has 2 heterocycles. The summed E-state index contributed by atoms with van der Waals surface area (Å²) in [4.78, 5) is 26.9. The summed E-state index contributed by atoms with van der Waals surface area (Å²) in [6, 6.07) is 11.2. The second-order valence-electron chi connectivity index (χ2n) is 6.96. The third-order valence-corrected chi connectivity index (χ3v) is 5.87. The highest BCUT2D eigenvalue weighted by Gasteiger charge is 2.33. The van der Waals surface area contributed by atoms with Crippen LogP contribution in [0.2, 0.25) is 0 Å². The van der Waals surface area contributed by atoms with Crippen molar-refractivity contribution in [1.29, 1.82) is 0 Å². The van der Waals surface area contributed by atoms with Crippen molar-refractivity contribution in [2.45, 2.75) is 25.3 Å². The van der Waals surface area contributed by atoms with Crippen LogP contribution in [0.1, 0.15) is 39.3 Å². The van der Waals surface area contributed by atoms with E-state index in [9.17, 15) is 18.4 Å². The van der Waals surface area contributed by atoms with Crippen LogP contribution in [0.4, 0.5) is 14.5 Å². The first kappa shape index (κ1) is 20.1. The van der Waals surface area contributed by atoms with Crippen LogP contribution in [-0.4, -0.2) is 33.5 Å². The largest absolute Gasteiger partial charge is 0.333 e. The Morgan fingerprint density at radius 2 is 1.90 bits per heavy atom. The van der Waals surface area contributed by atoms with Crippen LogP contribution in [0.15, 0.2) is 48.5 Å². The molecule has 1 aliphatic heterocycles. The number of hydrogen-bond donors (Lipinski definition) is 1. The number of rotatable bonds is 5. The Labute approximate surface area is 175 Å². The molecule has 6 nitrogen and oxygen atoms in total. The van der Waals surface area contributed by atoms with E-state index in [0.29, 0.717) is 17.2 Å². The Hall–Kier alpha value is -3.20. The zero-order valence-electron chi connectivity index (χ0n) is 15.8. The van der Waals surface area contributed by atoms with Crippen molar-refractivity contribution in [3.8, 4) is 0 Å². The third kappa shape index (κ3) is 4.51. The zero-order chi connectivity index (χ0) is 21.1. The van der Waals surface area contributed by atoms with Crippen LogP contribution in [0.5, 0.6) is 0 Å². The Kier molecular flexibility index (Phi) is 5.80. The summed E-state index contributed by atoms with van der Waals surface area (Å²) in [7, 11) is 0. The second kappa shape index (κ2) is 8.66. The second-order valence-corrected chi connectivity index (χ2v) is 7.97. The van der Waals surface area contributed by atoms with Crippen molar-refractivity contribution < 1.29 is 18.4 Å². The quantitative estimate of drug-likeness (QED) is 0.667. The minimum Gasteiger partial charge on any atom is -0.333 e. The Bertz CT molecular complexity index is 1070. The van der Waals surface area contributed by atoms with Gasteiger partial charge in [-0.2, -0.15) is 0 Å². The number of nitrogens with zero attached hydrogens (tertiary/aromatic N) is 3. The standard InChI is InChI=1S/C21H18F2N4O2S/c22-14-8-6-13(7-9-14)11-18(28)27-10-2-5-17(27)20-25-26-21(30-20)19(29)24-16-4-1-3-15(23)12-16/h1,3-4,6-9,12,17H,2,5,10-11H2,(H,24,29). The molecule has 2 amide bonds. The summed E-state index contributed by atoms with van der Waals surface area (Å²) in [5, 5.41) is 11.4. The number of aromatic nitrogens is 2. The van der Waals surface area contributed by atoms with Crippen molar-refractivity contribution in [3.63, 3.8) is 0 Å². The van der Waals surface area contributed by atoms with Gasteiger partial charge >= 0.3 is 0 Å². The van der Waals surface area contributed by atoms with Crippen LogP contribution < -0.4 is 5.32 Å². The first-order chi connectivity index (χ1) is 14.5. The summed E-state index contributed by atoms with van der Waals surface area (Å²) < 4.78 is 26.4. The molecule has 4 rings (SSSR count). The minimum atomic E-state index is -0.480. The van der Waals surface area contributed by atoms with E-state index in [1.165, 1.54) is 30.3 Å². The molecular weight excluding hydrogens is 410 g/mol. The number of nitrogens with one attached hydrogen (secondary N) is 1. The van der Waals surface area contributed by atoms with Crippen molar-refractivity contribution in [2.24, 2.45) is 0 Å². The molecule has 3 aromatic rings. The van der Waals surface area contributed by atoms with E-state index >= 15 is 0 Å². The number of halogens is 2. The Balaban J connectivity index is 1.44. The van der Waals surface area contributed by atoms with Crippen LogP contribution in [0.25, 0.3) is 0 Å². The molecule has 0 saturated carbocycles. The van der Waals surface area contributed by atoms with Crippen molar-refractivity contribution >= 4 is 28.8 Å². The SMILES string of the molecule is O=C(Nc1cccc(F)c1)c1nnc(C2CCCN2C(=O)Cc2ccc(F)cc2)s1. The fourth-order valence-electron chi connectivity index (χ4n) is 3.41. The van der Waals surface area contributed by atoms with Gasteiger partial charge in [0.1, 0.15) is 16.6 Å². The first-order valence-corrected chi connectivity index (χ1v) is 10.3. The van der Waals surface area contributed by atoms with Crippen molar-refractivity contribution in [3.05, 3.63) is 75.7 Å². The molecule has 1 aromatic heterocycles. The lowest BCUT2D eigenvalue weighted by atomic mass is 10.1. The van der Waals surface area contributed by atoms with Crippen LogP contribution in [-0.2, 0) is 11.2 Å². The molecule has 1 N–H and O–H groups in total. The normalized spacial score (nSPS) is 15.9. The van der Waals surface area contributed by atoms with E-state index in [0.717, 1.165) is 29.7 Å². The van der Waals surface area contributed by atoms with Gasteiger partial charge in [-0.1, -0.05) is 29.5 Å². The van der Waals surface area contributed by atoms with E-state index < -0.39 is 11.7 Å². The third-order valence-electron chi connectivity index (χ3n) is 4.84. The maximum absolute atomic E-state index is 13.3. The van der Waals surface area contributed by atoms with Gasteiger partial charge in [-0.25, -0.2) is 8.78 Å². The summed E-state index contributed by atoms with van der Waals surface area (Å²) in [6.45, 7) is 0.592. The molecular formula is C21H18F2N4O2S. The number of likely N-dealkylation sites (tertiary alicyclic amines) is 1. The van der Waals surface area contributed by atoms with Gasteiger partial charge in [0.2, 0.25) is 10.9 Å². The van der Waals surface area contributed by atoms with Gasteiger partial charge in [0.05, 0.1) is 12.5 Å². The van der Waals surface area contributed by atoms with E-state index in [1.807, 2.05) is 0 Å². The van der Waals surface area contributed by atoms with Gasteiger partial charge in [-0.3, -0.25) is 9.59 Å². The fraction of sp³-hybridized carbons (Fsp3) is 0.238. The van der Waals surface area contributed by atoms with E-state index in [-0.39, 0.29) is 29.2 Å². The lowest BCUT2D eigenvalue weighted by Crippen LogP contribution is -2.31. The summed E-state index contributed by atoms with van der Waals surface area (Å²) >= 11 is 1.12. The monoisotopic (exact) mass is 428 g/mol. The van der Waals surface area contributed by atoms with Gasteiger partial charge in [-0.15, -0.1) is 10.2 Å². The number of carbonyl (C=O) groups excluding carboxylic acids is 2. The molecule has 1 saturated heterocycles. The van der Waals surface area contributed by atoms with Crippen molar-refractivity contribution in [1.82, 2.24) is 15.1 Å². The highest BCUT2D eigenvalue weighted by atomic mass is 32.1. The number of hydrogen-bond acceptors (Lipinski definition) is 5.